The number of morpholine rings is 1. The number of allylic oxidation sites excluding steroid dienone is 2. The number of hydrogen-bond acceptors (Lipinski definition) is 7. The van der Waals surface area contributed by atoms with Gasteiger partial charge in [-0.3, -0.25) is 4.79 Å². The van der Waals surface area contributed by atoms with Gasteiger partial charge in [-0.15, -0.1) is 0 Å². The van der Waals surface area contributed by atoms with Crippen molar-refractivity contribution < 1.29 is 18.7 Å². The molecule has 2 aromatic rings. The average molecular weight is 476 g/mol. The molecule has 0 radical (unpaired) electrons. The molecule has 10 heteroatoms. The molecule has 1 saturated heterocycles. The highest BCUT2D eigenvalue weighted by Gasteiger charge is 2.33. The van der Waals surface area contributed by atoms with E-state index in [0.29, 0.717) is 35.6 Å². The Morgan fingerprint density at radius 2 is 2.20 bits per heavy atom. The summed E-state index contributed by atoms with van der Waals surface area (Å²) in [7, 11) is 0. The van der Waals surface area contributed by atoms with Crippen LogP contribution in [0.3, 0.4) is 0 Å². The molecule has 2 N–H and O–H groups in total. The molecule has 1 atom stereocenters. The van der Waals surface area contributed by atoms with Gasteiger partial charge in [0, 0.05) is 28.2 Å². The zero-order valence-corrected chi connectivity index (χ0v) is 17.6. The number of fused-ring (bicyclic) bond motifs is 3. The fraction of sp³-hybridized carbons (Fsp3) is 0.300. The molecule has 30 heavy (non-hydrogen) atoms. The van der Waals surface area contributed by atoms with E-state index in [4.69, 9.17) is 15.2 Å². The van der Waals surface area contributed by atoms with E-state index in [1.807, 2.05) is 0 Å². The zero-order valence-electron chi connectivity index (χ0n) is 16.0. The number of amides is 1. The van der Waals surface area contributed by atoms with E-state index in [9.17, 15) is 9.18 Å². The number of nitrogens with two attached hydrogens (primary N) is 1. The first kappa shape index (κ1) is 20.6. The number of rotatable bonds is 4. The fourth-order valence-corrected chi connectivity index (χ4v) is 3.55. The van der Waals surface area contributed by atoms with Crippen LogP contribution in [0.2, 0.25) is 0 Å². The van der Waals surface area contributed by atoms with Gasteiger partial charge in [0.25, 0.3) is 5.91 Å². The molecule has 1 fully saturated rings. The van der Waals surface area contributed by atoms with Crippen LogP contribution in [-0.4, -0.2) is 52.5 Å². The first-order valence-corrected chi connectivity index (χ1v) is 10.0. The Morgan fingerprint density at radius 3 is 3.00 bits per heavy atom. The minimum Gasteiger partial charge on any atom is -0.383 e. The number of carbonyl (C=O) groups excluding carboxylic acids is 1. The van der Waals surface area contributed by atoms with E-state index < -0.39 is 17.9 Å². The van der Waals surface area contributed by atoms with Gasteiger partial charge in [-0.2, -0.15) is 4.39 Å². The van der Waals surface area contributed by atoms with E-state index in [2.05, 4.69) is 37.5 Å². The number of carbonyl (C=O) groups is 1. The smallest absolute Gasteiger partial charge is 0.273 e. The second-order valence-electron chi connectivity index (χ2n) is 6.79. The molecule has 2 aromatic heterocycles. The lowest BCUT2D eigenvalue weighted by atomic mass is 10.1. The number of pyridine rings is 2. The molecule has 4 heterocycles. The Balaban J connectivity index is 1.68. The Kier molecular flexibility index (Phi) is 5.89. The third-order valence-corrected chi connectivity index (χ3v) is 5.53. The molecule has 0 saturated carbocycles. The standard InChI is InChI=1S/C20H19BrFN5O3/c1-2-11(21)6-25-18(22)17-10-29-4-3-27(17)20(28)15-5-12-13-8-30-9-14(13)19(23)26-16(12)7-24-15/h2,5-7,17H,1,3-4,8-10H2,(H2,23,26)/b11-6+,25-18?/t17-/m1/s1. The van der Waals surface area contributed by atoms with E-state index in [1.165, 1.54) is 23.4 Å². The van der Waals surface area contributed by atoms with Crippen LogP contribution in [0.4, 0.5) is 10.2 Å². The van der Waals surface area contributed by atoms with Crippen LogP contribution in [0, 0.1) is 0 Å². The lowest BCUT2D eigenvalue weighted by Gasteiger charge is -2.33. The summed E-state index contributed by atoms with van der Waals surface area (Å²) in [5.41, 5.74) is 8.49. The Bertz CT molecular complexity index is 1090. The first-order chi connectivity index (χ1) is 14.5. The van der Waals surface area contributed by atoms with E-state index in [-0.39, 0.29) is 18.8 Å². The predicted molar refractivity (Wildman–Crippen MR) is 114 cm³/mol. The van der Waals surface area contributed by atoms with Crippen LogP contribution in [0.15, 0.2) is 40.6 Å². The van der Waals surface area contributed by atoms with Crippen LogP contribution in [-0.2, 0) is 22.7 Å². The highest BCUT2D eigenvalue weighted by molar-refractivity contribution is 9.11. The second-order valence-corrected chi connectivity index (χ2v) is 7.71. The van der Waals surface area contributed by atoms with E-state index in [1.54, 1.807) is 6.07 Å². The predicted octanol–water partition coefficient (Wildman–Crippen LogP) is 2.87. The van der Waals surface area contributed by atoms with Gasteiger partial charge in [-0.1, -0.05) is 12.7 Å². The number of nitrogen functional groups attached to an aromatic ring is 1. The monoisotopic (exact) mass is 475 g/mol. The summed E-state index contributed by atoms with van der Waals surface area (Å²) in [6.07, 6.45) is 4.27. The minimum atomic E-state index is -0.941. The molecule has 1 amide bonds. The lowest BCUT2D eigenvalue weighted by molar-refractivity contribution is 0.0136. The molecule has 2 aliphatic heterocycles. The van der Waals surface area contributed by atoms with Crippen molar-refractivity contribution in [1.29, 1.82) is 0 Å². The molecule has 0 aromatic carbocycles. The number of anilines is 1. The molecule has 2 aliphatic rings. The molecule has 0 bridgehead atoms. The van der Waals surface area contributed by atoms with Gasteiger partial charge in [-0.05, 0) is 27.6 Å². The molecule has 0 spiro atoms. The summed E-state index contributed by atoms with van der Waals surface area (Å²) in [6, 6.07) is 0.719. The van der Waals surface area contributed by atoms with Gasteiger partial charge < -0.3 is 20.1 Å². The van der Waals surface area contributed by atoms with Gasteiger partial charge >= 0.3 is 0 Å². The van der Waals surface area contributed by atoms with Gasteiger partial charge in [0.05, 0.1) is 38.1 Å². The molecule has 4 rings (SSSR count). The van der Waals surface area contributed by atoms with Crippen LogP contribution < -0.4 is 5.73 Å². The average Bonchev–Trinajstić information content (AvgIpc) is 3.27. The van der Waals surface area contributed by atoms with Crippen molar-refractivity contribution in [3.8, 4) is 0 Å². The molecular weight excluding hydrogens is 457 g/mol. The van der Waals surface area contributed by atoms with Crippen molar-refractivity contribution in [3.05, 3.63) is 52.4 Å². The SMILES string of the molecule is C=C/C(Br)=C\N=C(F)[C@H]1COCCN1C(=O)c1cc2c3c(c(N)nc2cn1)COC3. The third kappa shape index (κ3) is 3.85. The summed E-state index contributed by atoms with van der Waals surface area (Å²) < 4.78 is 26.1. The van der Waals surface area contributed by atoms with Gasteiger partial charge in [0.2, 0.25) is 5.97 Å². The number of hydrogen-bond donors (Lipinski definition) is 1. The van der Waals surface area contributed by atoms with Crippen LogP contribution in [0.25, 0.3) is 10.9 Å². The highest BCUT2D eigenvalue weighted by atomic mass is 79.9. The summed E-state index contributed by atoms with van der Waals surface area (Å²) in [4.78, 5) is 26.9. The van der Waals surface area contributed by atoms with Gasteiger partial charge in [0.1, 0.15) is 17.6 Å². The van der Waals surface area contributed by atoms with Crippen molar-refractivity contribution in [2.75, 3.05) is 25.5 Å². The molecule has 8 nitrogen and oxygen atoms in total. The Hall–Kier alpha value is -2.69. The quantitative estimate of drug-likeness (QED) is 0.538. The van der Waals surface area contributed by atoms with E-state index >= 15 is 0 Å². The topological polar surface area (TPSA) is 103 Å². The largest absolute Gasteiger partial charge is 0.383 e. The Morgan fingerprint density at radius 1 is 1.40 bits per heavy atom. The number of ether oxygens (including phenoxy) is 2. The molecule has 0 aliphatic carbocycles. The summed E-state index contributed by atoms with van der Waals surface area (Å²) in [6.45, 7) is 4.87. The maximum atomic E-state index is 14.7. The van der Waals surface area contributed by atoms with Crippen LogP contribution in [0.5, 0.6) is 0 Å². The number of aliphatic imine (C=N–C) groups is 1. The van der Waals surface area contributed by atoms with Crippen molar-refractivity contribution in [2.24, 2.45) is 4.99 Å². The normalized spacial score (nSPS) is 19.8. The lowest BCUT2D eigenvalue weighted by Crippen LogP contribution is -2.51. The molecular formula is C20H19BrFN5O3. The van der Waals surface area contributed by atoms with Gasteiger partial charge in [0.15, 0.2) is 0 Å². The maximum absolute atomic E-state index is 14.7. The number of nitrogens with zero attached hydrogens (tertiary/aromatic N) is 4. The minimum absolute atomic E-state index is 0.00945. The summed E-state index contributed by atoms with van der Waals surface area (Å²) in [5.74, 6) is -0.737. The third-order valence-electron chi connectivity index (χ3n) is 5.00. The molecule has 0 unspecified atom stereocenters. The van der Waals surface area contributed by atoms with Crippen LogP contribution in [0.1, 0.15) is 21.6 Å². The summed E-state index contributed by atoms with van der Waals surface area (Å²) in [5, 5.41) is 0.756. The first-order valence-electron chi connectivity index (χ1n) is 9.24. The van der Waals surface area contributed by atoms with Crippen molar-refractivity contribution in [1.82, 2.24) is 14.9 Å². The zero-order chi connectivity index (χ0) is 21.3. The van der Waals surface area contributed by atoms with Crippen molar-refractivity contribution in [2.45, 2.75) is 19.3 Å². The summed E-state index contributed by atoms with van der Waals surface area (Å²) >= 11 is 3.19. The van der Waals surface area contributed by atoms with E-state index in [0.717, 1.165) is 16.5 Å². The van der Waals surface area contributed by atoms with Crippen LogP contribution >= 0.6 is 15.9 Å². The second kappa shape index (κ2) is 8.58. The van der Waals surface area contributed by atoms with Crippen molar-refractivity contribution >= 4 is 44.5 Å². The maximum Gasteiger partial charge on any atom is 0.273 e. The Labute approximate surface area is 180 Å². The number of aromatic nitrogens is 2. The van der Waals surface area contributed by atoms with Crippen molar-refractivity contribution in [3.63, 3.8) is 0 Å². The fourth-order valence-electron chi connectivity index (χ4n) is 3.44. The highest BCUT2D eigenvalue weighted by Crippen LogP contribution is 2.31. The molecule has 156 valence electrons. The van der Waals surface area contributed by atoms with Gasteiger partial charge in [-0.25, -0.2) is 15.0 Å². The number of halogens is 2.